The molecule has 1 aliphatic heterocycles. The maximum atomic E-state index is 12.1. The van der Waals surface area contributed by atoms with Crippen LogP contribution in [0.4, 0.5) is 0 Å². The van der Waals surface area contributed by atoms with E-state index >= 15 is 0 Å². The summed E-state index contributed by atoms with van der Waals surface area (Å²) in [6, 6.07) is 9.44. The number of aliphatic hydroxyl groups is 1. The molecule has 1 aliphatic rings. The Morgan fingerprint density at radius 3 is 2.92 bits per heavy atom. The number of carbonyl (C=O) groups is 1. The van der Waals surface area contributed by atoms with Crippen molar-refractivity contribution < 1.29 is 19.4 Å². The minimum Gasteiger partial charge on any atom is -0.481 e. The molecule has 128 valence electrons. The SMILES string of the molecule is COC(=O)[C@@H]1C[C@H](O)CCN1Cc1cc2ccccc2nc1OC. The number of pyridine rings is 1. The summed E-state index contributed by atoms with van der Waals surface area (Å²) in [5, 5.41) is 10.9. The van der Waals surface area contributed by atoms with Crippen LogP contribution in [0.2, 0.25) is 0 Å². The predicted octanol–water partition coefficient (Wildman–Crippen LogP) is 1.74. The van der Waals surface area contributed by atoms with Gasteiger partial charge in [-0.2, -0.15) is 0 Å². The van der Waals surface area contributed by atoms with Crippen molar-refractivity contribution in [3.05, 3.63) is 35.9 Å². The van der Waals surface area contributed by atoms with E-state index in [0.29, 0.717) is 31.8 Å². The molecular formula is C18H22N2O4. The van der Waals surface area contributed by atoms with E-state index < -0.39 is 12.1 Å². The number of nitrogens with zero attached hydrogens (tertiary/aromatic N) is 2. The van der Waals surface area contributed by atoms with Gasteiger partial charge in [0.1, 0.15) is 6.04 Å². The van der Waals surface area contributed by atoms with E-state index in [9.17, 15) is 9.90 Å². The molecule has 6 nitrogen and oxygen atoms in total. The Morgan fingerprint density at radius 1 is 1.38 bits per heavy atom. The van der Waals surface area contributed by atoms with Crippen LogP contribution in [-0.2, 0) is 16.1 Å². The predicted molar refractivity (Wildman–Crippen MR) is 89.7 cm³/mol. The van der Waals surface area contributed by atoms with Crippen molar-refractivity contribution >= 4 is 16.9 Å². The molecular weight excluding hydrogens is 308 g/mol. The molecule has 2 heterocycles. The maximum Gasteiger partial charge on any atom is 0.323 e. The molecule has 0 radical (unpaired) electrons. The third-order valence-electron chi connectivity index (χ3n) is 4.49. The zero-order valence-electron chi connectivity index (χ0n) is 13.9. The normalized spacial score (nSPS) is 21.6. The van der Waals surface area contributed by atoms with Crippen LogP contribution in [-0.4, -0.2) is 53.9 Å². The van der Waals surface area contributed by atoms with Gasteiger partial charge in [-0.15, -0.1) is 0 Å². The molecule has 24 heavy (non-hydrogen) atoms. The second-order valence-electron chi connectivity index (χ2n) is 6.04. The number of carbonyl (C=O) groups excluding carboxylic acids is 1. The lowest BCUT2D eigenvalue weighted by molar-refractivity contribution is -0.150. The molecule has 6 heteroatoms. The van der Waals surface area contributed by atoms with Gasteiger partial charge in [-0.25, -0.2) is 4.98 Å². The number of aliphatic hydroxyl groups excluding tert-OH is 1. The van der Waals surface area contributed by atoms with Crippen LogP contribution in [0.5, 0.6) is 5.88 Å². The second kappa shape index (κ2) is 7.15. The lowest BCUT2D eigenvalue weighted by Gasteiger charge is -2.36. The molecule has 2 atom stereocenters. The van der Waals surface area contributed by atoms with Crippen LogP contribution >= 0.6 is 0 Å². The van der Waals surface area contributed by atoms with Gasteiger partial charge < -0.3 is 14.6 Å². The number of esters is 1. The highest BCUT2D eigenvalue weighted by Gasteiger charge is 2.34. The summed E-state index contributed by atoms with van der Waals surface area (Å²) in [6.45, 7) is 1.14. The summed E-state index contributed by atoms with van der Waals surface area (Å²) in [6.07, 6.45) is 0.550. The molecule has 0 bridgehead atoms. The first kappa shape index (κ1) is 16.7. The number of benzene rings is 1. The van der Waals surface area contributed by atoms with E-state index in [1.165, 1.54) is 7.11 Å². The van der Waals surface area contributed by atoms with E-state index in [4.69, 9.17) is 9.47 Å². The summed E-state index contributed by atoms with van der Waals surface area (Å²) < 4.78 is 10.3. The fourth-order valence-electron chi connectivity index (χ4n) is 3.22. The number of piperidine rings is 1. The first-order valence-electron chi connectivity index (χ1n) is 8.05. The van der Waals surface area contributed by atoms with Crippen molar-refractivity contribution in [2.45, 2.75) is 31.5 Å². The van der Waals surface area contributed by atoms with Crippen molar-refractivity contribution in [2.75, 3.05) is 20.8 Å². The fraction of sp³-hybridized carbons (Fsp3) is 0.444. The molecule has 0 amide bonds. The number of fused-ring (bicyclic) bond motifs is 1. The number of ether oxygens (including phenoxy) is 2. The Balaban J connectivity index is 1.90. The number of likely N-dealkylation sites (tertiary alicyclic amines) is 1. The minimum atomic E-state index is -0.470. The minimum absolute atomic E-state index is 0.318. The van der Waals surface area contributed by atoms with E-state index in [0.717, 1.165) is 16.5 Å². The van der Waals surface area contributed by atoms with Crippen molar-refractivity contribution in [2.24, 2.45) is 0 Å². The van der Waals surface area contributed by atoms with Crippen LogP contribution in [0.3, 0.4) is 0 Å². The van der Waals surface area contributed by atoms with Crippen LogP contribution in [0, 0.1) is 0 Å². The molecule has 0 spiro atoms. The molecule has 1 aromatic carbocycles. The Morgan fingerprint density at radius 2 is 2.17 bits per heavy atom. The summed E-state index contributed by atoms with van der Waals surface area (Å²) in [5.74, 6) is 0.241. The summed E-state index contributed by atoms with van der Waals surface area (Å²) >= 11 is 0. The Hall–Kier alpha value is -2.18. The third-order valence-corrected chi connectivity index (χ3v) is 4.49. The Kier molecular flexibility index (Phi) is 4.97. The Labute approximate surface area is 141 Å². The quantitative estimate of drug-likeness (QED) is 0.861. The summed E-state index contributed by atoms with van der Waals surface area (Å²) in [4.78, 5) is 18.6. The van der Waals surface area contributed by atoms with Crippen molar-refractivity contribution in [3.63, 3.8) is 0 Å². The smallest absolute Gasteiger partial charge is 0.323 e. The molecule has 2 aromatic rings. The van der Waals surface area contributed by atoms with Crippen molar-refractivity contribution in [1.29, 1.82) is 0 Å². The van der Waals surface area contributed by atoms with E-state index in [-0.39, 0.29) is 5.97 Å². The lowest BCUT2D eigenvalue weighted by atomic mass is 9.98. The molecule has 1 saturated heterocycles. The fourth-order valence-corrected chi connectivity index (χ4v) is 3.22. The van der Waals surface area contributed by atoms with Gasteiger partial charge in [0.25, 0.3) is 0 Å². The molecule has 0 aliphatic carbocycles. The Bertz CT molecular complexity index is 734. The van der Waals surface area contributed by atoms with Gasteiger partial charge in [-0.05, 0) is 25.0 Å². The average Bonchev–Trinajstić information content (AvgIpc) is 2.61. The number of para-hydroxylation sites is 1. The largest absolute Gasteiger partial charge is 0.481 e. The van der Waals surface area contributed by atoms with E-state index in [1.54, 1.807) is 7.11 Å². The van der Waals surface area contributed by atoms with Gasteiger partial charge in [0.15, 0.2) is 0 Å². The summed E-state index contributed by atoms with van der Waals surface area (Å²) in [5.41, 5.74) is 1.79. The second-order valence-corrected chi connectivity index (χ2v) is 6.04. The first-order chi connectivity index (χ1) is 11.6. The highest BCUT2D eigenvalue weighted by molar-refractivity contribution is 5.80. The maximum absolute atomic E-state index is 12.1. The van der Waals surface area contributed by atoms with E-state index in [2.05, 4.69) is 4.98 Å². The van der Waals surface area contributed by atoms with Crippen molar-refractivity contribution in [3.8, 4) is 5.88 Å². The van der Waals surface area contributed by atoms with Crippen LogP contribution in [0.15, 0.2) is 30.3 Å². The van der Waals surface area contributed by atoms with Gasteiger partial charge in [0.05, 0.1) is 25.8 Å². The number of hydrogen-bond acceptors (Lipinski definition) is 6. The number of hydrogen-bond donors (Lipinski definition) is 1. The highest BCUT2D eigenvalue weighted by Crippen LogP contribution is 2.27. The monoisotopic (exact) mass is 330 g/mol. The van der Waals surface area contributed by atoms with Gasteiger partial charge in [0, 0.05) is 24.0 Å². The topological polar surface area (TPSA) is 71.9 Å². The zero-order chi connectivity index (χ0) is 17.1. The average molecular weight is 330 g/mol. The molecule has 3 rings (SSSR count). The van der Waals surface area contributed by atoms with Crippen LogP contribution in [0.1, 0.15) is 18.4 Å². The number of aromatic nitrogens is 1. The number of rotatable bonds is 4. The number of methoxy groups -OCH3 is 2. The highest BCUT2D eigenvalue weighted by atomic mass is 16.5. The van der Waals surface area contributed by atoms with Crippen LogP contribution in [0.25, 0.3) is 10.9 Å². The molecule has 0 saturated carbocycles. The van der Waals surface area contributed by atoms with Gasteiger partial charge >= 0.3 is 5.97 Å². The first-order valence-corrected chi connectivity index (χ1v) is 8.05. The van der Waals surface area contributed by atoms with Crippen LogP contribution < -0.4 is 4.74 Å². The van der Waals surface area contributed by atoms with Gasteiger partial charge in [0.2, 0.25) is 5.88 Å². The lowest BCUT2D eigenvalue weighted by Crippen LogP contribution is -2.48. The van der Waals surface area contributed by atoms with Gasteiger partial charge in [-0.1, -0.05) is 18.2 Å². The standard InChI is InChI=1S/C18H22N2O4/c1-23-17-13(9-12-5-3-4-6-15(12)19-17)11-20-8-7-14(21)10-16(20)18(22)24-2/h3-6,9,14,16,21H,7-8,10-11H2,1-2H3/t14-,16+/m1/s1. The molecule has 0 unspecified atom stereocenters. The third kappa shape index (κ3) is 3.34. The van der Waals surface area contributed by atoms with E-state index in [1.807, 2.05) is 35.2 Å². The molecule has 1 aromatic heterocycles. The molecule has 1 fully saturated rings. The molecule has 1 N–H and O–H groups in total. The summed E-state index contributed by atoms with van der Waals surface area (Å²) in [7, 11) is 2.97. The van der Waals surface area contributed by atoms with Crippen molar-refractivity contribution in [1.82, 2.24) is 9.88 Å². The zero-order valence-corrected chi connectivity index (χ0v) is 13.9. The van der Waals surface area contributed by atoms with Gasteiger partial charge in [-0.3, -0.25) is 9.69 Å².